The lowest BCUT2D eigenvalue weighted by Crippen LogP contribution is -2.56. The zero-order valence-electron chi connectivity index (χ0n) is 9.70. The van der Waals surface area contributed by atoms with Gasteiger partial charge < -0.3 is 4.90 Å². The van der Waals surface area contributed by atoms with Crippen LogP contribution in [0.5, 0.6) is 0 Å². The molecule has 3 nitrogen and oxygen atoms in total. The maximum Gasteiger partial charge on any atom is 0.135 e. The Bertz CT molecular complexity index is 426. The first-order chi connectivity index (χ1) is 7.56. The molecule has 4 heteroatoms. The predicted molar refractivity (Wildman–Crippen MR) is 65.1 cm³/mol. The molecular weight excluding hydrogens is 222 g/mol. The third-order valence-electron chi connectivity index (χ3n) is 3.60. The second-order valence-electron chi connectivity index (χ2n) is 5.40. The zero-order valence-corrected chi connectivity index (χ0v) is 10.5. The van der Waals surface area contributed by atoms with Crippen LogP contribution in [0, 0.1) is 0 Å². The molecule has 0 atom stereocenters. The molecule has 1 aromatic heterocycles. The van der Waals surface area contributed by atoms with Crippen molar-refractivity contribution < 1.29 is 0 Å². The van der Waals surface area contributed by atoms with Crippen LogP contribution in [0.2, 0.25) is 5.15 Å². The van der Waals surface area contributed by atoms with Crippen LogP contribution in [0.1, 0.15) is 44.9 Å². The number of aromatic nitrogens is 2. The second-order valence-corrected chi connectivity index (χ2v) is 5.78. The Kier molecular flexibility index (Phi) is 2.15. The molecule has 2 fully saturated rings. The van der Waals surface area contributed by atoms with Gasteiger partial charge in [-0.15, -0.1) is 0 Å². The Morgan fingerprint density at radius 1 is 1.38 bits per heavy atom. The number of halogens is 1. The lowest BCUT2D eigenvalue weighted by Gasteiger charge is -2.49. The van der Waals surface area contributed by atoms with Crippen molar-refractivity contribution in [2.24, 2.45) is 0 Å². The third-order valence-corrected chi connectivity index (χ3v) is 3.79. The normalized spacial score (nSPS) is 23.1. The van der Waals surface area contributed by atoms with Crippen LogP contribution in [-0.4, -0.2) is 22.1 Å². The van der Waals surface area contributed by atoms with Crippen LogP contribution in [-0.2, 0) is 0 Å². The minimum absolute atomic E-state index is 0.221. The average molecular weight is 238 g/mol. The average Bonchev–Trinajstić information content (AvgIpc) is 2.98. The lowest BCUT2D eigenvalue weighted by molar-refractivity contribution is 0.328. The molecular formula is C12H16ClN3. The van der Waals surface area contributed by atoms with E-state index in [0.29, 0.717) is 11.1 Å². The van der Waals surface area contributed by atoms with E-state index in [0.717, 1.165) is 18.2 Å². The highest BCUT2D eigenvalue weighted by Crippen LogP contribution is 2.40. The number of rotatable bonds is 2. The molecule has 1 saturated carbocycles. The van der Waals surface area contributed by atoms with Gasteiger partial charge in [-0.1, -0.05) is 11.6 Å². The van der Waals surface area contributed by atoms with Gasteiger partial charge in [-0.25, -0.2) is 9.97 Å². The summed E-state index contributed by atoms with van der Waals surface area (Å²) >= 11 is 6.06. The molecule has 1 aliphatic carbocycles. The molecule has 1 aliphatic heterocycles. The minimum Gasteiger partial charge on any atom is -0.351 e. The fraction of sp³-hybridized carbons (Fsp3) is 0.667. The molecule has 86 valence electrons. The summed E-state index contributed by atoms with van der Waals surface area (Å²) in [5.41, 5.74) is 0.221. The SMILES string of the molecule is CC1(C)CCN1c1cc(Cl)nc(C2CC2)n1. The highest BCUT2D eigenvalue weighted by Gasteiger charge is 2.37. The zero-order chi connectivity index (χ0) is 11.3. The molecule has 3 rings (SSSR count). The fourth-order valence-corrected chi connectivity index (χ4v) is 2.36. The summed E-state index contributed by atoms with van der Waals surface area (Å²) in [5, 5.41) is 0.578. The Morgan fingerprint density at radius 3 is 2.62 bits per heavy atom. The van der Waals surface area contributed by atoms with E-state index in [9.17, 15) is 0 Å². The molecule has 2 aliphatic rings. The molecule has 1 saturated heterocycles. The van der Waals surface area contributed by atoms with Gasteiger partial charge in [0.05, 0.1) is 0 Å². The van der Waals surface area contributed by atoms with E-state index in [1.54, 1.807) is 0 Å². The van der Waals surface area contributed by atoms with Crippen molar-refractivity contribution in [2.75, 3.05) is 11.4 Å². The summed E-state index contributed by atoms with van der Waals surface area (Å²) in [6.07, 6.45) is 3.64. The molecule has 0 spiro atoms. The van der Waals surface area contributed by atoms with Crippen molar-refractivity contribution in [2.45, 2.75) is 44.6 Å². The molecule has 0 radical (unpaired) electrons. The van der Waals surface area contributed by atoms with Gasteiger partial charge in [0.15, 0.2) is 0 Å². The molecule has 2 heterocycles. The maximum absolute atomic E-state index is 6.06. The highest BCUT2D eigenvalue weighted by atomic mass is 35.5. The number of hydrogen-bond acceptors (Lipinski definition) is 3. The lowest BCUT2D eigenvalue weighted by atomic mass is 9.89. The first kappa shape index (κ1) is 10.3. The first-order valence-electron chi connectivity index (χ1n) is 5.88. The Labute approximate surface area is 101 Å². The maximum atomic E-state index is 6.06. The van der Waals surface area contributed by atoms with Gasteiger partial charge in [-0.2, -0.15) is 0 Å². The van der Waals surface area contributed by atoms with Crippen molar-refractivity contribution in [1.82, 2.24) is 9.97 Å². The van der Waals surface area contributed by atoms with Crippen molar-refractivity contribution in [3.63, 3.8) is 0 Å². The Balaban J connectivity index is 1.94. The van der Waals surface area contributed by atoms with Crippen molar-refractivity contribution in [1.29, 1.82) is 0 Å². The van der Waals surface area contributed by atoms with Gasteiger partial charge in [0.25, 0.3) is 0 Å². The van der Waals surface area contributed by atoms with Crippen LogP contribution in [0.15, 0.2) is 6.07 Å². The summed E-state index contributed by atoms with van der Waals surface area (Å²) < 4.78 is 0. The molecule has 0 aromatic carbocycles. The summed E-state index contributed by atoms with van der Waals surface area (Å²) in [4.78, 5) is 11.3. The number of nitrogens with zero attached hydrogens (tertiary/aromatic N) is 3. The summed E-state index contributed by atoms with van der Waals surface area (Å²) in [6.45, 7) is 5.55. The standard InChI is InChI=1S/C12H16ClN3/c1-12(2)5-6-16(12)10-7-9(13)14-11(15-10)8-3-4-8/h7-8H,3-6H2,1-2H3. The van der Waals surface area contributed by atoms with Gasteiger partial charge in [0, 0.05) is 24.1 Å². The molecule has 16 heavy (non-hydrogen) atoms. The quantitative estimate of drug-likeness (QED) is 0.741. The molecule has 1 aromatic rings. The van der Waals surface area contributed by atoms with Crippen LogP contribution < -0.4 is 4.90 Å². The van der Waals surface area contributed by atoms with Crippen molar-refractivity contribution in [3.05, 3.63) is 17.0 Å². The number of hydrogen-bond donors (Lipinski definition) is 0. The smallest absolute Gasteiger partial charge is 0.135 e. The molecule has 0 N–H and O–H groups in total. The second kappa shape index (κ2) is 3.33. The van der Waals surface area contributed by atoms with E-state index in [2.05, 4.69) is 28.7 Å². The minimum atomic E-state index is 0.221. The van der Waals surface area contributed by atoms with Gasteiger partial charge in [0.1, 0.15) is 16.8 Å². The van der Waals surface area contributed by atoms with Gasteiger partial charge >= 0.3 is 0 Å². The van der Waals surface area contributed by atoms with Crippen LogP contribution >= 0.6 is 11.6 Å². The highest BCUT2D eigenvalue weighted by molar-refractivity contribution is 6.29. The summed E-state index contributed by atoms with van der Waals surface area (Å²) in [5.74, 6) is 2.49. The predicted octanol–water partition coefficient (Wildman–Crippen LogP) is 3.00. The fourth-order valence-electron chi connectivity index (χ4n) is 2.18. The Morgan fingerprint density at radius 2 is 2.12 bits per heavy atom. The van der Waals surface area contributed by atoms with E-state index >= 15 is 0 Å². The van der Waals surface area contributed by atoms with Crippen molar-refractivity contribution in [3.8, 4) is 0 Å². The summed E-state index contributed by atoms with van der Waals surface area (Å²) in [6, 6.07) is 1.88. The third kappa shape index (κ3) is 1.67. The van der Waals surface area contributed by atoms with Crippen LogP contribution in [0.3, 0.4) is 0 Å². The largest absolute Gasteiger partial charge is 0.351 e. The molecule has 0 amide bonds. The van der Waals surface area contributed by atoms with E-state index < -0.39 is 0 Å². The molecule has 0 unspecified atom stereocenters. The van der Waals surface area contributed by atoms with Gasteiger partial charge in [-0.3, -0.25) is 0 Å². The van der Waals surface area contributed by atoms with E-state index in [1.165, 1.54) is 19.3 Å². The topological polar surface area (TPSA) is 29.0 Å². The Hall–Kier alpha value is -0.830. The van der Waals surface area contributed by atoms with Gasteiger partial charge in [-0.05, 0) is 33.1 Å². The first-order valence-corrected chi connectivity index (χ1v) is 6.26. The van der Waals surface area contributed by atoms with Crippen LogP contribution in [0.4, 0.5) is 5.82 Å². The van der Waals surface area contributed by atoms with Gasteiger partial charge in [0.2, 0.25) is 0 Å². The molecule has 0 bridgehead atoms. The monoisotopic (exact) mass is 237 g/mol. The summed E-state index contributed by atoms with van der Waals surface area (Å²) in [7, 11) is 0. The van der Waals surface area contributed by atoms with Crippen molar-refractivity contribution >= 4 is 17.4 Å². The van der Waals surface area contributed by atoms with E-state index in [4.69, 9.17) is 11.6 Å². The van der Waals surface area contributed by atoms with E-state index in [-0.39, 0.29) is 5.54 Å². The van der Waals surface area contributed by atoms with E-state index in [1.807, 2.05) is 6.07 Å². The van der Waals surface area contributed by atoms with Crippen LogP contribution in [0.25, 0.3) is 0 Å². The number of anilines is 1.